The Morgan fingerprint density at radius 2 is 1.56 bits per heavy atom. The van der Waals surface area contributed by atoms with E-state index in [1.54, 1.807) is 24.3 Å². The summed E-state index contributed by atoms with van der Waals surface area (Å²) < 4.78 is 7.07. The van der Waals surface area contributed by atoms with Gasteiger partial charge >= 0.3 is 0 Å². The third kappa shape index (κ3) is 22.6. The summed E-state index contributed by atoms with van der Waals surface area (Å²) in [7, 11) is 0. The lowest BCUT2D eigenvalue weighted by molar-refractivity contribution is -0.122. The van der Waals surface area contributed by atoms with Gasteiger partial charge in [-0.25, -0.2) is 0 Å². The van der Waals surface area contributed by atoms with Crippen LogP contribution < -0.4 is 16.0 Å². The number of ketones is 1. The van der Waals surface area contributed by atoms with Crippen LogP contribution in [0.4, 0.5) is 5.82 Å². The van der Waals surface area contributed by atoms with Crippen LogP contribution in [-0.2, 0) is 22.7 Å². The minimum absolute atomic E-state index is 0.0629. The molecule has 1 fully saturated rings. The van der Waals surface area contributed by atoms with E-state index in [1.165, 1.54) is 30.0 Å². The molecule has 0 bridgehead atoms. The highest BCUT2D eigenvalue weighted by molar-refractivity contribution is 6.04. The van der Waals surface area contributed by atoms with Crippen LogP contribution in [0.1, 0.15) is 132 Å². The van der Waals surface area contributed by atoms with Crippen molar-refractivity contribution in [2.45, 2.75) is 131 Å². The van der Waals surface area contributed by atoms with Gasteiger partial charge in [0.2, 0.25) is 5.91 Å². The summed E-state index contributed by atoms with van der Waals surface area (Å²) in [5.74, 6) is -0.420. The van der Waals surface area contributed by atoms with E-state index in [9.17, 15) is 14.4 Å². The second-order valence-electron chi connectivity index (χ2n) is 13.3. The highest BCUT2D eigenvalue weighted by atomic mass is 16.5. The third-order valence-corrected chi connectivity index (χ3v) is 8.62. The van der Waals surface area contributed by atoms with Gasteiger partial charge in [0.1, 0.15) is 12.2 Å². The van der Waals surface area contributed by atoms with Gasteiger partial charge in [0, 0.05) is 17.7 Å². The number of anilines is 1. The maximum Gasteiger partial charge on any atom is 0.256 e. The Labute approximate surface area is 331 Å². The van der Waals surface area contributed by atoms with Crippen molar-refractivity contribution in [2.75, 3.05) is 25.0 Å². The number of Topliss-reactive ketones (excluding diaryl/α,β-unsaturated/α-hetero) is 1. The molecule has 1 heterocycles. The second kappa shape index (κ2) is 31.9. The fourth-order valence-corrected chi connectivity index (χ4v) is 5.51. The van der Waals surface area contributed by atoms with E-state index in [-0.39, 0.29) is 49.2 Å². The molecular formula is C45H69N5O5. The lowest BCUT2D eigenvalue weighted by atomic mass is 9.95. The molecule has 10 heteroatoms. The quantitative estimate of drug-likeness (QED) is 0.0578. The van der Waals surface area contributed by atoms with Crippen LogP contribution in [-0.4, -0.2) is 64.3 Å². The number of hydrogen-bond acceptors (Lipinski definition) is 7. The molecule has 0 saturated heterocycles. The highest BCUT2D eigenvalue weighted by Gasteiger charge is 2.21. The van der Waals surface area contributed by atoms with Crippen LogP contribution in [0.2, 0.25) is 0 Å². The molecule has 304 valence electrons. The van der Waals surface area contributed by atoms with Crippen LogP contribution in [0.5, 0.6) is 0 Å². The number of carbonyl (C=O) groups excluding carboxylic acids is 3. The maximum atomic E-state index is 12.7. The molecule has 10 nitrogen and oxygen atoms in total. The van der Waals surface area contributed by atoms with E-state index < -0.39 is 0 Å². The molecule has 2 aromatic carbocycles. The van der Waals surface area contributed by atoms with E-state index in [0.717, 1.165) is 63.7 Å². The topological polar surface area (TPSA) is 135 Å². The number of aromatic nitrogens is 2. The molecule has 4 rings (SSSR count). The minimum atomic E-state index is -0.319. The largest absolute Gasteiger partial charge is 0.392 e. The van der Waals surface area contributed by atoms with Crippen molar-refractivity contribution >= 4 is 23.4 Å². The van der Waals surface area contributed by atoms with Crippen molar-refractivity contribution in [3.05, 3.63) is 108 Å². The van der Waals surface area contributed by atoms with Gasteiger partial charge in [0.25, 0.3) is 5.91 Å². The van der Waals surface area contributed by atoms with E-state index in [0.29, 0.717) is 17.4 Å². The van der Waals surface area contributed by atoms with Crippen LogP contribution in [0.3, 0.4) is 0 Å². The molecule has 2 amide bonds. The molecule has 3 aromatic rings. The molecule has 1 aromatic heterocycles. The zero-order chi connectivity index (χ0) is 40.5. The average Bonchev–Trinajstić information content (AvgIpc) is 3.62. The van der Waals surface area contributed by atoms with Gasteiger partial charge in [0.05, 0.1) is 25.9 Å². The van der Waals surface area contributed by atoms with Crippen LogP contribution in [0.15, 0.2) is 91.0 Å². The fourth-order valence-electron chi connectivity index (χ4n) is 5.51. The lowest BCUT2D eigenvalue weighted by Crippen LogP contribution is -2.39. The first kappa shape index (κ1) is 48.6. The zero-order valence-electron chi connectivity index (χ0n) is 34.4. The van der Waals surface area contributed by atoms with E-state index in [2.05, 4.69) is 47.0 Å². The van der Waals surface area contributed by atoms with E-state index in [4.69, 9.17) is 9.84 Å². The zero-order valence-corrected chi connectivity index (χ0v) is 34.4. The third-order valence-electron chi connectivity index (χ3n) is 8.62. The van der Waals surface area contributed by atoms with Crippen LogP contribution >= 0.6 is 0 Å². The van der Waals surface area contributed by atoms with Gasteiger partial charge < -0.3 is 25.8 Å². The second-order valence-corrected chi connectivity index (χ2v) is 13.3. The van der Waals surface area contributed by atoms with Crippen molar-refractivity contribution in [1.29, 1.82) is 0 Å². The summed E-state index contributed by atoms with van der Waals surface area (Å²) in [5, 5.41) is 21.7. The monoisotopic (exact) mass is 760 g/mol. The van der Waals surface area contributed by atoms with Gasteiger partial charge in [-0.3, -0.25) is 19.1 Å². The number of rotatable bonds is 18. The van der Waals surface area contributed by atoms with Crippen LogP contribution in [0.25, 0.3) is 0 Å². The number of carbonyl (C=O) groups is 3. The Morgan fingerprint density at radius 1 is 0.909 bits per heavy atom. The smallest absolute Gasteiger partial charge is 0.256 e. The number of aliphatic hydroxyl groups excluding tert-OH is 1. The maximum absolute atomic E-state index is 12.7. The minimum Gasteiger partial charge on any atom is -0.392 e. The van der Waals surface area contributed by atoms with Crippen molar-refractivity contribution in [2.24, 2.45) is 0 Å². The summed E-state index contributed by atoms with van der Waals surface area (Å²) in [5.41, 5.74) is 1.75. The Morgan fingerprint density at radius 3 is 2.11 bits per heavy atom. The van der Waals surface area contributed by atoms with Crippen molar-refractivity contribution in [1.82, 2.24) is 20.4 Å². The lowest BCUT2D eigenvalue weighted by Gasteiger charge is -2.22. The number of nitrogens with one attached hydrogen (secondary N) is 3. The number of nitrogens with zero attached hydrogens (tertiary/aromatic N) is 2. The van der Waals surface area contributed by atoms with Crippen molar-refractivity contribution < 1.29 is 24.2 Å². The first-order valence-corrected chi connectivity index (χ1v) is 20.2. The van der Waals surface area contributed by atoms with Crippen molar-refractivity contribution in [3.8, 4) is 0 Å². The number of benzene rings is 2. The Balaban J connectivity index is 0.000000511. The Bertz CT molecular complexity index is 1480. The SMILES string of the molecule is C/C=C\C.C/C=C\CCOC(CC)CCC.CCCNCC(=O)c1cc(NC(=O)c2ccccc2)nn1CC(=O)NC1CCCCC1.OCc1ccccc1. The molecule has 0 spiro atoms. The van der Waals surface area contributed by atoms with Gasteiger partial charge in [-0.15, -0.1) is 0 Å². The first-order chi connectivity index (χ1) is 26.8. The molecule has 0 aliphatic heterocycles. The molecule has 55 heavy (non-hydrogen) atoms. The number of hydrogen-bond donors (Lipinski definition) is 4. The first-order valence-electron chi connectivity index (χ1n) is 20.2. The van der Waals surface area contributed by atoms with Crippen molar-refractivity contribution in [3.63, 3.8) is 0 Å². The molecule has 4 N–H and O–H groups in total. The average molecular weight is 760 g/mol. The molecule has 0 radical (unpaired) electrons. The molecular weight excluding hydrogens is 691 g/mol. The summed E-state index contributed by atoms with van der Waals surface area (Å²) in [6, 6.07) is 20.0. The molecule has 1 aliphatic rings. The van der Waals surface area contributed by atoms with Gasteiger partial charge in [-0.1, -0.05) is 119 Å². The number of aliphatic hydroxyl groups is 1. The Kier molecular flexibility index (Phi) is 28.2. The molecule has 1 aliphatic carbocycles. The number of allylic oxidation sites excluding steroid dienone is 3. The summed E-state index contributed by atoms with van der Waals surface area (Å²) in [6.45, 7) is 14.3. The number of ether oxygens (including phenoxy) is 1. The van der Waals surface area contributed by atoms with Crippen LogP contribution in [0, 0.1) is 0 Å². The predicted molar refractivity (Wildman–Crippen MR) is 226 cm³/mol. The predicted octanol–water partition coefficient (Wildman–Crippen LogP) is 9.08. The normalized spacial score (nSPS) is 13.1. The summed E-state index contributed by atoms with van der Waals surface area (Å²) in [4.78, 5) is 37.8. The molecule has 1 saturated carbocycles. The van der Waals surface area contributed by atoms with Gasteiger partial charge in [-0.05, 0) is 83.5 Å². The number of amides is 2. The van der Waals surface area contributed by atoms with E-state index in [1.807, 2.05) is 76.2 Å². The Hall–Kier alpha value is -4.38. The van der Waals surface area contributed by atoms with Gasteiger partial charge in [0.15, 0.2) is 11.6 Å². The standard InChI is InChI=1S/C23H31N5O3.C11H22O.C7H8O.C4H8/c1-2-13-24-15-20(29)19-14-21(26-23(31)17-9-5-3-6-10-17)27-28(19)16-22(30)25-18-11-7-4-8-12-18;1-4-7-8-10-12-11(6-3)9-5-2;8-6-7-4-2-1-3-5-7;1-3-4-2/h3,5-6,9-10,14,18,24H,2,4,7-8,11-13,15-16H2,1H3,(H,25,30)(H,26,27,31);4,7,11H,5-6,8-10H2,1-3H3;1-5,8H,6H2;3-4H,1-2H3/b;7-4-;;4-3-. The summed E-state index contributed by atoms with van der Waals surface area (Å²) in [6.07, 6.45) is 19.7. The highest BCUT2D eigenvalue weighted by Crippen LogP contribution is 2.18. The molecule has 1 unspecified atom stereocenters. The fraction of sp³-hybridized carbons (Fsp3) is 0.511. The summed E-state index contributed by atoms with van der Waals surface area (Å²) >= 11 is 0. The van der Waals surface area contributed by atoms with E-state index >= 15 is 0 Å². The van der Waals surface area contributed by atoms with Gasteiger partial charge in [-0.2, -0.15) is 5.10 Å². The molecule has 1 atom stereocenters.